The Morgan fingerprint density at radius 2 is 2.27 bits per heavy atom. The van der Waals surface area contributed by atoms with Crippen molar-refractivity contribution in [3.8, 4) is 0 Å². The molecule has 0 atom stereocenters. The number of rotatable bonds is 3. The summed E-state index contributed by atoms with van der Waals surface area (Å²) in [6.45, 7) is 0. The molecule has 58 valence electrons. The lowest BCUT2D eigenvalue weighted by atomic mass is 10.2. The van der Waals surface area contributed by atoms with Gasteiger partial charge in [-0.15, -0.1) is 0 Å². The maximum Gasteiger partial charge on any atom is 0.372 e. The molecule has 0 aliphatic rings. The second-order valence-electron chi connectivity index (χ2n) is 2.04. The Balaban J connectivity index is 2.57. The third-order valence-electron chi connectivity index (χ3n) is 1.18. The fourth-order valence-electron chi connectivity index (χ4n) is 0.654. The molecule has 1 heterocycles. The fourth-order valence-corrected chi connectivity index (χ4v) is 1.32. The summed E-state index contributed by atoms with van der Waals surface area (Å²) in [5, 5.41) is 11.8. The van der Waals surface area contributed by atoms with E-state index in [-0.39, 0.29) is 6.42 Å². The van der Waals surface area contributed by atoms with Crippen molar-refractivity contribution in [1.29, 1.82) is 0 Å². The molecule has 0 saturated carbocycles. The molecule has 0 radical (unpaired) electrons. The van der Waals surface area contributed by atoms with Crippen molar-refractivity contribution >= 4 is 23.1 Å². The fraction of sp³-hybridized carbons (Fsp3) is 0.143. The van der Waals surface area contributed by atoms with E-state index in [1.54, 1.807) is 11.4 Å². The molecule has 0 aliphatic heterocycles. The summed E-state index contributed by atoms with van der Waals surface area (Å²) in [4.78, 5) is 20.7. The van der Waals surface area contributed by atoms with Crippen LogP contribution >= 0.6 is 11.3 Å². The lowest BCUT2D eigenvalue weighted by molar-refractivity contribution is -0.148. The van der Waals surface area contributed by atoms with Gasteiger partial charge in [0.15, 0.2) is 0 Å². The van der Waals surface area contributed by atoms with Gasteiger partial charge in [0, 0.05) is 6.42 Å². The minimum atomic E-state index is -1.36. The van der Waals surface area contributed by atoms with Gasteiger partial charge in [0.05, 0.1) is 0 Å². The summed E-state index contributed by atoms with van der Waals surface area (Å²) in [6, 6.07) is 1.74. The summed E-state index contributed by atoms with van der Waals surface area (Å²) in [5.74, 6) is -2.13. The van der Waals surface area contributed by atoms with Crippen LogP contribution in [0.25, 0.3) is 0 Å². The molecule has 0 unspecified atom stereocenters. The standard InChI is InChI=1S/C7H6O3S/c8-6(7(9)10)3-5-1-2-11-4-5/h1-2,4H,3H2,(H,9,10). The monoisotopic (exact) mass is 170 g/mol. The number of carbonyl (C=O) groups is 2. The highest BCUT2D eigenvalue weighted by Gasteiger charge is 2.11. The van der Waals surface area contributed by atoms with Crippen LogP contribution in [-0.2, 0) is 16.0 Å². The minimum absolute atomic E-state index is 0.00116. The molecule has 0 saturated heterocycles. The van der Waals surface area contributed by atoms with Crippen LogP contribution in [0.3, 0.4) is 0 Å². The minimum Gasteiger partial charge on any atom is -0.475 e. The Morgan fingerprint density at radius 1 is 1.55 bits per heavy atom. The van der Waals surface area contributed by atoms with E-state index in [2.05, 4.69) is 0 Å². The van der Waals surface area contributed by atoms with Crippen LogP contribution in [0.2, 0.25) is 0 Å². The van der Waals surface area contributed by atoms with E-state index in [0.29, 0.717) is 0 Å². The number of thiophene rings is 1. The van der Waals surface area contributed by atoms with Crippen molar-refractivity contribution in [2.24, 2.45) is 0 Å². The molecule has 11 heavy (non-hydrogen) atoms. The van der Waals surface area contributed by atoms with Crippen molar-refractivity contribution in [2.45, 2.75) is 6.42 Å². The molecule has 4 heteroatoms. The first-order valence-electron chi connectivity index (χ1n) is 2.97. The molecule has 0 fully saturated rings. The van der Waals surface area contributed by atoms with Crippen LogP contribution < -0.4 is 0 Å². The van der Waals surface area contributed by atoms with Gasteiger partial charge in [-0.05, 0) is 22.4 Å². The zero-order chi connectivity index (χ0) is 8.27. The van der Waals surface area contributed by atoms with Gasteiger partial charge < -0.3 is 5.11 Å². The Labute approximate surface area is 67.3 Å². The molecule has 0 bridgehead atoms. The molecule has 1 rings (SSSR count). The third kappa shape index (κ3) is 2.16. The number of Topliss-reactive ketones (excluding diaryl/α,β-unsaturated/α-hetero) is 1. The first-order chi connectivity index (χ1) is 5.20. The predicted octanol–water partition coefficient (Wildman–Crippen LogP) is 0.944. The summed E-state index contributed by atoms with van der Waals surface area (Å²) >= 11 is 1.45. The first kappa shape index (κ1) is 7.94. The highest BCUT2D eigenvalue weighted by atomic mass is 32.1. The van der Waals surface area contributed by atoms with Crippen LogP contribution in [-0.4, -0.2) is 16.9 Å². The molecule has 0 spiro atoms. The summed E-state index contributed by atoms with van der Waals surface area (Å²) in [7, 11) is 0. The second-order valence-corrected chi connectivity index (χ2v) is 2.82. The molecular formula is C7H6O3S. The van der Waals surface area contributed by atoms with Crippen LogP contribution in [0, 0.1) is 0 Å². The number of carboxylic acids is 1. The Morgan fingerprint density at radius 3 is 2.73 bits per heavy atom. The number of hydrogen-bond donors (Lipinski definition) is 1. The molecule has 0 aromatic carbocycles. The topological polar surface area (TPSA) is 54.4 Å². The van der Waals surface area contributed by atoms with E-state index in [1.807, 2.05) is 5.38 Å². The smallest absolute Gasteiger partial charge is 0.372 e. The molecule has 1 aromatic heterocycles. The van der Waals surface area contributed by atoms with Crippen LogP contribution in [0.5, 0.6) is 0 Å². The Bertz CT molecular complexity index is 263. The van der Waals surface area contributed by atoms with E-state index < -0.39 is 11.8 Å². The second kappa shape index (κ2) is 3.30. The molecular weight excluding hydrogens is 164 g/mol. The Hall–Kier alpha value is -1.16. The molecule has 3 nitrogen and oxygen atoms in total. The zero-order valence-electron chi connectivity index (χ0n) is 5.61. The lowest BCUT2D eigenvalue weighted by Crippen LogP contribution is -2.14. The number of ketones is 1. The van der Waals surface area contributed by atoms with E-state index in [1.165, 1.54) is 11.3 Å². The number of aliphatic carboxylic acids is 1. The number of carboxylic acid groups (broad SMARTS) is 1. The summed E-state index contributed by atoms with van der Waals surface area (Å²) in [5.41, 5.74) is 0.766. The number of hydrogen-bond acceptors (Lipinski definition) is 3. The number of carbonyl (C=O) groups excluding carboxylic acids is 1. The van der Waals surface area contributed by atoms with E-state index in [9.17, 15) is 9.59 Å². The van der Waals surface area contributed by atoms with Crippen LogP contribution in [0.15, 0.2) is 16.8 Å². The molecule has 1 aromatic rings. The van der Waals surface area contributed by atoms with Crippen molar-refractivity contribution < 1.29 is 14.7 Å². The quantitative estimate of drug-likeness (QED) is 0.687. The van der Waals surface area contributed by atoms with Gasteiger partial charge in [-0.2, -0.15) is 11.3 Å². The molecule has 0 amide bonds. The maximum atomic E-state index is 10.6. The SMILES string of the molecule is O=C(O)C(=O)Cc1ccsc1. The first-order valence-corrected chi connectivity index (χ1v) is 3.91. The van der Waals surface area contributed by atoms with E-state index >= 15 is 0 Å². The van der Waals surface area contributed by atoms with Gasteiger partial charge in [-0.25, -0.2) is 4.79 Å². The summed E-state index contributed by atoms with van der Waals surface area (Å²) < 4.78 is 0. The van der Waals surface area contributed by atoms with Crippen molar-refractivity contribution in [2.75, 3.05) is 0 Å². The average molecular weight is 170 g/mol. The normalized spacial score (nSPS) is 9.45. The maximum absolute atomic E-state index is 10.6. The van der Waals surface area contributed by atoms with Gasteiger partial charge in [0.25, 0.3) is 0 Å². The summed E-state index contributed by atoms with van der Waals surface area (Å²) in [6.07, 6.45) is -0.00116. The highest BCUT2D eigenvalue weighted by Crippen LogP contribution is 2.06. The van der Waals surface area contributed by atoms with Gasteiger partial charge in [0.1, 0.15) is 0 Å². The predicted molar refractivity (Wildman–Crippen MR) is 40.7 cm³/mol. The van der Waals surface area contributed by atoms with Crippen molar-refractivity contribution in [1.82, 2.24) is 0 Å². The van der Waals surface area contributed by atoms with Crippen molar-refractivity contribution in [3.05, 3.63) is 22.4 Å². The van der Waals surface area contributed by atoms with E-state index in [0.717, 1.165) is 5.56 Å². The zero-order valence-corrected chi connectivity index (χ0v) is 6.43. The molecule has 1 N–H and O–H groups in total. The third-order valence-corrected chi connectivity index (χ3v) is 1.92. The van der Waals surface area contributed by atoms with Crippen molar-refractivity contribution in [3.63, 3.8) is 0 Å². The highest BCUT2D eigenvalue weighted by molar-refractivity contribution is 7.08. The Kier molecular flexibility index (Phi) is 2.38. The van der Waals surface area contributed by atoms with Gasteiger partial charge in [-0.1, -0.05) is 0 Å². The average Bonchev–Trinajstić information content (AvgIpc) is 2.39. The van der Waals surface area contributed by atoms with Gasteiger partial charge >= 0.3 is 5.97 Å². The van der Waals surface area contributed by atoms with E-state index in [4.69, 9.17) is 5.11 Å². The molecule has 0 aliphatic carbocycles. The van der Waals surface area contributed by atoms with Gasteiger partial charge in [-0.3, -0.25) is 4.79 Å². The van der Waals surface area contributed by atoms with Crippen LogP contribution in [0.4, 0.5) is 0 Å². The lowest BCUT2D eigenvalue weighted by Gasteiger charge is -1.89. The van der Waals surface area contributed by atoms with Gasteiger partial charge in [0.2, 0.25) is 5.78 Å². The largest absolute Gasteiger partial charge is 0.475 e. The van der Waals surface area contributed by atoms with Crippen LogP contribution in [0.1, 0.15) is 5.56 Å².